The summed E-state index contributed by atoms with van der Waals surface area (Å²) in [6.45, 7) is 1.26. The summed E-state index contributed by atoms with van der Waals surface area (Å²) in [5.41, 5.74) is 1.39. The Labute approximate surface area is 192 Å². The van der Waals surface area contributed by atoms with Crippen LogP contribution in [-0.2, 0) is 14.6 Å². The summed E-state index contributed by atoms with van der Waals surface area (Å²) in [5.74, 6) is 7.32. The molecular weight excluding hydrogens is 440 g/mol. The van der Waals surface area contributed by atoms with Gasteiger partial charge in [-0.2, -0.15) is 0 Å². The van der Waals surface area contributed by atoms with Crippen LogP contribution in [0.2, 0.25) is 0 Å². The Morgan fingerprint density at radius 2 is 1.88 bits per heavy atom. The Hall–Kier alpha value is -3.64. The van der Waals surface area contributed by atoms with Crippen molar-refractivity contribution in [1.82, 2.24) is 14.9 Å². The van der Waals surface area contributed by atoms with Gasteiger partial charge < -0.3 is 15.0 Å². The van der Waals surface area contributed by atoms with Crippen LogP contribution in [0, 0.1) is 17.8 Å². The molecule has 0 bridgehead atoms. The van der Waals surface area contributed by atoms with Gasteiger partial charge in [0, 0.05) is 54.1 Å². The van der Waals surface area contributed by atoms with E-state index in [0.29, 0.717) is 24.6 Å². The molecule has 1 aromatic carbocycles. The number of nitrogens with zero attached hydrogens (tertiary/aromatic N) is 3. The van der Waals surface area contributed by atoms with Gasteiger partial charge in [0.2, 0.25) is 0 Å². The van der Waals surface area contributed by atoms with Gasteiger partial charge in [-0.15, -0.1) is 0 Å². The number of likely N-dealkylation sites (tertiary alicyclic amines) is 1. The van der Waals surface area contributed by atoms with E-state index in [1.165, 1.54) is 13.4 Å². The number of nitrogens with one attached hydrogen (secondary N) is 1. The number of amides is 1. The summed E-state index contributed by atoms with van der Waals surface area (Å²) in [6.07, 6.45) is 5.94. The molecule has 0 unspecified atom stereocenters. The first-order valence-electron chi connectivity index (χ1n) is 10.5. The van der Waals surface area contributed by atoms with E-state index in [1.807, 2.05) is 12.1 Å². The van der Waals surface area contributed by atoms with Gasteiger partial charge in [0.1, 0.15) is 11.5 Å². The fourth-order valence-electron chi connectivity index (χ4n) is 3.67. The molecule has 1 aliphatic rings. The van der Waals surface area contributed by atoms with E-state index >= 15 is 0 Å². The number of ether oxygens (including phenoxy) is 1. The fourth-order valence-corrected chi connectivity index (χ4v) is 4.30. The minimum Gasteiger partial charge on any atom is -0.453 e. The Morgan fingerprint density at radius 3 is 2.55 bits per heavy atom. The Bertz CT molecular complexity index is 1340. The third-order valence-electron chi connectivity index (χ3n) is 5.52. The van der Waals surface area contributed by atoms with Crippen molar-refractivity contribution in [3.05, 3.63) is 54.5 Å². The number of rotatable bonds is 3. The molecule has 1 amide bonds. The molecule has 0 atom stereocenters. The second-order valence-corrected chi connectivity index (χ2v) is 9.89. The average Bonchev–Trinajstić information content (AvgIpc) is 2.82. The quantitative estimate of drug-likeness (QED) is 0.591. The van der Waals surface area contributed by atoms with Crippen LogP contribution in [0.4, 0.5) is 16.3 Å². The normalized spacial score (nSPS) is 14.4. The second kappa shape index (κ2) is 9.46. The van der Waals surface area contributed by atoms with Crippen molar-refractivity contribution in [2.75, 3.05) is 31.8 Å². The second-order valence-electron chi connectivity index (χ2n) is 7.87. The number of aromatic nitrogens is 2. The van der Waals surface area contributed by atoms with E-state index in [9.17, 15) is 13.2 Å². The lowest BCUT2D eigenvalue weighted by atomic mass is 9.97. The minimum atomic E-state index is -3.24. The number of hydrogen-bond acceptors (Lipinski definition) is 7. The van der Waals surface area contributed by atoms with Crippen molar-refractivity contribution < 1.29 is 17.9 Å². The standard InChI is InChI=1S/C24H24N4O4S/c1-32-24(29)28-13-10-17(11-14-28)3-8-22-21-15-23(26-16-18(21)9-12-25-22)27-19-4-6-20(7-5-19)33(2,30)31/h4-7,9,12,15-17H,10-11,13-14H2,1-2H3,(H,26,27). The Morgan fingerprint density at radius 1 is 1.15 bits per heavy atom. The summed E-state index contributed by atoms with van der Waals surface area (Å²) < 4.78 is 28.1. The average molecular weight is 465 g/mol. The van der Waals surface area contributed by atoms with Crippen LogP contribution < -0.4 is 5.32 Å². The number of benzene rings is 1. The smallest absolute Gasteiger partial charge is 0.409 e. The molecule has 3 aromatic rings. The van der Waals surface area contributed by atoms with Gasteiger partial charge in [-0.3, -0.25) is 0 Å². The van der Waals surface area contributed by atoms with Crippen molar-refractivity contribution in [3.8, 4) is 11.8 Å². The molecule has 1 fully saturated rings. The molecule has 3 heterocycles. The highest BCUT2D eigenvalue weighted by atomic mass is 32.2. The lowest BCUT2D eigenvalue weighted by Gasteiger charge is -2.28. The number of piperidine rings is 1. The van der Waals surface area contributed by atoms with E-state index in [-0.39, 0.29) is 16.9 Å². The van der Waals surface area contributed by atoms with E-state index in [1.54, 1.807) is 41.6 Å². The zero-order valence-electron chi connectivity index (χ0n) is 18.4. The van der Waals surface area contributed by atoms with Crippen molar-refractivity contribution in [2.45, 2.75) is 17.7 Å². The van der Waals surface area contributed by atoms with Gasteiger partial charge in [0.15, 0.2) is 9.84 Å². The van der Waals surface area contributed by atoms with Crippen LogP contribution in [-0.4, -0.2) is 55.8 Å². The summed E-state index contributed by atoms with van der Waals surface area (Å²) in [7, 11) is -1.85. The maximum absolute atomic E-state index is 11.6. The minimum absolute atomic E-state index is 0.191. The van der Waals surface area contributed by atoms with Gasteiger partial charge >= 0.3 is 6.09 Å². The molecular formula is C24H24N4O4S. The molecule has 9 heteroatoms. The molecule has 2 aromatic heterocycles. The predicted molar refractivity (Wildman–Crippen MR) is 126 cm³/mol. The SMILES string of the molecule is COC(=O)N1CCC(C#Cc2nccc3cnc(Nc4ccc(S(C)(=O)=O)cc4)cc23)CC1. The zero-order valence-corrected chi connectivity index (χ0v) is 19.2. The van der Waals surface area contributed by atoms with Crippen molar-refractivity contribution >= 4 is 38.2 Å². The monoisotopic (exact) mass is 464 g/mol. The van der Waals surface area contributed by atoms with Crippen LogP contribution in [0.25, 0.3) is 10.8 Å². The number of pyridine rings is 2. The molecule has 8 nitrogen and oxygen atoms in total. The molecule has 0 spiro atoms. The first-order chi connectivity index (χ1) is 15.8. The Kier molecular flexibility index (Phi) is 6.47. The summed E-state index contributed by atoms with van der Waals surface area (Å²) in [4.78, 5) is 22.5. The molecule has 1 N–H and O–H groups in total. The lowest BCUT2D eigenvalue weighted by Crippen LogP contribution is -2.38. The maximum atomic E-state index is 11.6. The highest BCUT2D eigenvalue weighted by molar-refractivity contribution is 7.90. The third-order valence-corrected chi connectivity index (χ3v) is 6.65. The van der Waals surface area contributed by atoms with Gasteiger partial charge in [0.25, 0.3) is 0 Å². The van der Waals surface area contributed by atoms with E-state index in [4.69, 9.17) is 4.74 Å². The number of sulfone groups is 1. The van der Waals surface area contributed by atoms with Crippen LogP contribution in [0.1, 0.15) is 18.5 Å². The number of methoxy groups -OCH3 is 1. The van der Waals surface area contributed by atoms with Gasteiger partial charge in [-0.05, 0) is 55.2 Å². The largest absolute Gasteiger partial charge is 0.453 e. The van der Waals surface area contributed by atoms with Crippen LogP contribution in [0.15, 0.2) is 53.7 Å². The molecule has 0 radical (unpaired) electrons. The summed E-state index contributed by atoms with van der Waals surface area (Å²) >= 11 is 0. The number of anilines is 2. The van der Waals surface area contributed by atoms with E-state index < -0.39 is 9.84 Å². The van der Waals surface area contributed by atoms with E-state index in [0.717, 1.165) is 29.3 Å². The molecule has 170 valence electrons. The first kappa shape index (κ1) is 22.6. The predicted octanol–water partition coefficient (Wildman–Crippen LogP) is 3.61. The highest BCUT2D eigenvalue weighted by Crippen LogP contribution is 2.23. The summed E-state index contributed by atoms with van der Waals surface area (Å²) in [6, 6.07) is 10.3. The molecule has 1 saturated heterocycles. The third kappa shape index (κ3) is 5.41. The topological polar surface area (TPSA) is 101 Å². The fraction of sp³-hybridized carbons (Fsp3) is 0.292. The lowest BCUT2D eigenvalue weighted by molar-refractivity contribution is 0.111. The summed E-state index contributed by atoms with van der Waals surface area (Å²) in [5, 5.41) is 5.00. The number of hydrogen-bond donors (Lipinski definition) is 1. The van der Waals surface area contributed by atoms with Crippen LogP contribution >= 0.6 is 0 Å². The maximum Gasteiger partial charge on any atom is 0.409 e. The molecule has 0 saturated carbocycles. The molecule has 0 aliphatic carbocycles. The number of carbonyl (C=O) groups is 1. The van der Waals surface area contributed by atoms with Gasteiger partial charge in [-0.1, -0.05) is 5.92 Å². The first-order valence-corrected chi connectivity index (χ1v) is 12.4. The van der Waals surface area contributed by atoms with E-state index in [2.05, 4.69) is 27.1 Å². The number of carbonyl (C=O) groups excluding carboxylic acids is 1. The Balaban J connectivity index is 1.52. The highest BCUT2D eigenvalue weighted by Gasteiger charge is 2.22. The van der Waals surface area contributed by atoms with Crippen molar-refractivity contribution in [3.63, 3.8) is 0 Å². The van der Waals surface area contributed by atoms with Gasteiger partial charge in [-0.25, -0.2) is 23.2 Å². The molecule has 4 rings (SSSR count). The van der Waals surface area contributed by atoms with Crippen LogP contribution in [0.3, 0.4) is 0 Å². The zero-order chi connectivity index (χ0) is 23.4. The van der Waals surface area contributed by atoms with Crippen molar-refractivity contribution in [1.29, 1.82) is 0 Å². The van der Waals surface area contributed by atoms with Crippen LogP contribution in [0.5, 0.6) is 0 Å². The molecule has 33 heavy (non-hydrogen) atoms. The van der Waals surface area contributed by atoms with Gasteiger partial charge in [0.05, 0.1) is 12.0 Å². The number of fused-ring (bicyclic) bond motifs is 1. The molecule has 1 aliphatic heterocycles. The van der Waals surface area contributed by atoms with Crippen molar-refractivity contribution in [2.24, 2.45) is 5.92 Å².